The van der Waals surface area contributed by atoms with Gasteiger partial charge in [0.25, 0.3) is 0 Å². The molecule has 0 bridgehead atoms. The van der Waals surface area contributed by atoms with Crippen LogP contribution in [0.5, 0.6) is 0 Å². The van der Waals surface area contributed by atoms with Crippen molar-refractivity contribution in [2.75, 3.05) is 31.1 Å². The second-order valence-electron chi connectivity index (χ2n) is 13.6. The Morgan fingerprint density at radius 3 is 1.96 bits per heavy atom. The molecule has 1 N–H and O–H groups in total. The second kappa shape index (κ2) is 13.1. The van der Waals surface area contributed by atoms with E-state index in [9.17, 15) is 45.1 Å². The molecule has 8 nitrogen and oxygen atoms in total. The van der Waals surface area contributed by atoms with E-state index in [1.54, 1.807) is 25.7 Å². The molecule has 4 amide bonds. The number of rotatable bonds is 5. The number of hydrogen-bond acceptors (Lipinski definition) is 4. The first kappa shape index (κ1) is 35.3. The third-order valence-electron chi connectivity index (χ3n) is 9.02. The summed E-state index contributed by atoms with van der Waals surface area (Å²) < 4.78 is 100. The highest BCUT2D eigenvalue weighted by Crippen LogP contribution is 2.41. The average molecular weight is 687 g/mol. The van der Waals surface area contributed by atoms with E-state index in [0.717, 1.165) is 4.90 Å². The van der Waals surface area contributed by atoms with Crippen LogP contribution in [0, 0.1) is 11.7 Å². The van der Waals surface area contributed by atoms with Crippen molar-refractivity contribution < 1.29 is 49.9 Å². The predicted octanol–water partition coefficient (Wildman–Crippen LogP) is 7.18. The summed E-state index contributed by atoms with van der Waals surface area (Å²) in [6.07, 6.45) is -8.61. The topological polar surface area (TPSA) is 82.2 Å². The van der Waals surface area contributed by atoms with Gasteiger partial charge >= 0.3 is 24.5 Å². The third-order valence-corrected chi connectivity index (χ3v) is 9.02. The molecule has 2 heterocycles. The minimum atomic E-state index is -5.08. The molecule has 3 aliphatic rings. The van der Waals surface area contributed by atoms with Gasteiger partial charge in [0.2, 0.25) is 5.91 Å². The van der Waals surface area contributed by atoms with Crippen LogP contribution in [0.3, 0.4) is 0 Å². The summed E-state index contributed by atoms with van der Waals surface area (Å²) in [6, 6.07) is 4.99. The number of benzene rings is 2. The summed E-state index contributed by atoms with van der Waals surface area (Å²) in [5, 5.41) is 2.84. The molecule has 2 aromatic rings. The van der Waals surface area contributed by atoms with E-state index in [1.165, 1.54) is 29.2 Å². The highest BCUT2D eigenvalue weighted by atomic mass is 19.4. The van der Waals surface area contributed by atoms with Gasteiger partial charge in [0, 0.05) is 49.7 Å². The number of urea groups is 1. The van der Waals surface area contributed by atoms with Crippen LogP contribution in [0.4, 0.5) is 46.0 Å². The van der Waals surface area contributed by atoms with Crippen molar-refractivity contribution in [1.29, 1.82) is 0 Å². The maximum Gasteiger partial charge on any atom is 0.416 e. The number of hydrogen-bond donors (Lipinski definition) is 1. The Kier molecular flexibility index (Phi) is 9.63. The zero-order chi connectivity index (χ0) is 35.2. The first-order chi connectivity index (χ1) is 22.3. The van der Waals surface area contributed by atoms with Crippen LogP contribution >= 0.6 is 0 Å². The first-order valence-electron chi connectivity index (χ1n) is 15.7. The minimum absolute atomic E-state index is 0.00785. The van der Waals surface area contributed by atoms with Crippen LogP contribution < -0.4 is 10.2 Å². The molecule has 48 heavy (non-hydrogen) atoms. The number of ether oxygens (including phenoxy) is 1. The maximum absolute atomic E-state index is 13.8. The van der Waals surface area contributed by atoms with E-state index >= 15 is 0 Å². The van der Waals surface area contributed by atoms with Crippen LogP contribution in [0.25, 0.3) is 0 Å². The lowest BCUT2D eigenvalue weighted by Gasteiger charge is -2.32. The fraction of sp³-hybridized carbons (Fsp3) is 0.545. The van der Waals surface area contributed by atoms with Crippen LogP contribution in [0.15, 0.2) is 42.5 Å². The van der Waals surface area contributed by atoms with Gasteiger partial charge in [-0.2, -0.15) is 26.3 Å². The molecule has 2 atom stereocenters. The molecule has 262 valence electrons. The van der Waals surface area contributed by atoms with Crippen molar-refractivity contribution in [3.05, 3.63) is 65.0 Å². The molecule has 0 spiro atoms. The largest absolute Gasteiger partial charge is 0.444 e. The van der Waals surface area contributed by atoms with E-state index in [0.29, 0.717) is 43.4 Å². The Balaban J connectivity index is 1.33. The Labute approximate surface area is 273 Å². The zero-order valence-electron chi connectivity index (χ0n) is 26.6. The summed E-state index contributed by atoms with van der Waals surface area (Å²) in [5.41, 5.74) is -3.62. The molecule has 15 heteroatoms. The number of nitrogens with one attached hydrogen (secondary N) is 1. The Morgan fingerprint density at radius 1 is 0.833 bits per heavy atom. The van der Waals surface area contributed by atoms with Gasteiger partial charge in [0.15, 0.2) is 0 Å². The standard InChI is InChI=1S/C33H37F7N4O4/c1-31(2,3)48-29(46)41-24-10-6-20(7-11-24)28(45)42-17-26(19-4-8-23(34)9-5-19)27(18-42)44-13-12-43(30(44)47)25-15-21(32(35,36)37)14-22(16-25)33(38,39)40/h4-5,8-9,14-16,20,24,26-27H,6-7,10-13,17-18H2,1-3H3,(H,41,46)/t20?,24?,26-,27+/m0/s1. The maximum atomic E-state index is 13.8. The van der Waals surface area contributed by atoms with Crippen molar-refractivity contribution in [2.24, 2.45) is 5.92 Å². The normalized spacial score (nSPS) is 23.9. The molecule has 2 aliphatic heterocycles. The number of carbonyl (C=O) groups is 3. The van der Waals surface area contributed by atoms with Gasteiger partial charge in [0.1, 0.15) is 11.4 Å². The van der Waals surface area contributed by atoms with Gasteiger partial charge in [-0.1, -0.05) is 12.1 Å². The van der Waals surface area contributed by atoms with Crippen LogP contribution in [-0.2, 0) is 21.9 Å². The number of alkyl carbamates (subject to hydrolysis) is 1. The molecule has 0 radical (unpaired) electrons. The minimum Gasteiger partial charge on any atom is -0.444 e. The van der Waals surface area contributed by atoms with Gasteiger partial charge < -0.3 is 19.9 Å². The number of nitrogens with zero attached hydrogens (tertiary/aromatic N) is 3. The van der Waals surface area contributed by atoms with Crippen molar-refractivity contribution in [3.8, 4) is 0 Å². The molecular formula is C33H37F7N4O4. The van der Waals surface area contributed by atoms with Crippen molar-refractivity contribution in [1.82, 2.24) is 15.1 Å². The molecule has 2 saturated heterocycles. The lowest BCUT2D eigenvalue weighted by Crippen LogP contribution is -2.45. The molecular weight excluding hydrogens is 649 g/mol. The smallest absolute Gasteiger partial charge is 0.416 e. The molecule has 5 rings (SSSR count). The number of halogens is 7. The van der Waals surface area contributed by atoms with E-state index in [4.69, 9.17) is 4.74 Å². The number of alkyl halides is 6. The number of amides is 4. The monoisotopic (exact) mass is 686 g/mol. The number of anilines is 1. The quantitative estimate of drug-likeness (QED) is 0.338. The molecule has 0 aromatic heterocycles. The van der Waals surface area contributed by atoms with Crippen molar-refractivity contribution in [3.63, 3.8) is 0 Å². The molecule has 2 aromatic carbocycles. The van der Waals surface area contributed by atoms with Crippen molar-refractivity contribution in [2.45, 2.75) is 82.4 Å². The fourth-order valence-corrected chi connectivity index (χ4v) is 6.73. The predicted molar refractivity (Wildman–Crippen MR) is 161 cm³/mol. The Hall–Kier alpha value is -4.04. The van der Waals surface area contributed by atoms with Crippen LogP contribution in [-0.4, -0.2) is 71.7 Å². The van der Waals surface area contributed by atoms with Gasteiger partial charge in [-0.25, -0.2) is 14.0 Å². The summed E-state index contributed by atoms with van der Waals surface area (Å²) in [7, 11) is 0. The Bertz CT molecular complexity index is 1480. The lowest BCUT2D eigenvalue weighted by molar-refractivity contribution is -0.143. The number of carbonyl (C=O) groups excluding carboxylic acids is 3. The summed E-state index contributed by atoms with van der Waals surface area (Å²) in [5.74, 6) is -1.50. The van der Waals surface area contributed by atoms with E-state index in [-0.39, 0.29) is 50.1 Å². The average Bonchev–Trinajstić information content (AvgIpc) is 3.59. The first-order valence-corrected chi connectivity index (χ1v) is 15.7. The van der Waals surface area contributed by atoms with E-state index in [1.807, 2.05) is 0 Å². The Morgan fingerprint density at radius 2 is 1.42 bits per heavy atom. The van der Waals surface area contributed by atoms with Gasteiger partial charge in [0.05, 0.1) is 17.2 Å². The van der Waals surface area contributed by atoms with E-state index < -0.39 is 64.7 Å². The zero-order valence-corrected chi connectivity index (χ0v) is 26.6. The van der Waals surface area contributed by atoms with Gasteiger partial charge in [-0.05, 0) is 82.3 Å². The summed E-state index contributed by atoms with van der Waals surface area (Å²) >= 11 is 0. The lowest BCUT2D eigenvalue weighted by atomic mass is 9.85. The molecule has 0 unspecified atom stereocenters. The SMILES string of the molecule is CC(C)(C)OC(=O)NC1CCC(C(=O)N2C[C@@H](N3CCN(c4cc(C(F)(F)F)cc(C(F)(F)F)c4)C3=O)[C@H](c3ccc(F)cc3)C2)CC1. The fourth-order valence-electron chi connectivity index (χ4n) is 6.73. The highest BCUT2D eigenvalue weighted by molar-refractivity contribution is 5.95. The van der Waals surface area contributed by atoms with Crippen LogP contribution in [0.2, 0.25) is 0 Å². The van der Waals surface area contributed by atoms with Gasteiger partial charge in [-0.3, -0.25) is 9.69 Å². The highest BCUT2D eigenvalue weighted by Gasteiger charge is 2.47. The summed E-state index contributed by atoms with van der Waals surface area (Å²) in [6.45, 7) is 5.34. The molecule has 1 aliphatic carbocycles. The third kappa shape index (κ3) is 7.97. The van der Waals surface area contributed by atoms with Crippen LogP contribution in [0.1, 0.15) is 69.1 Å². The van der Waals surface area contributed by atoms with Crippen molar-refractivity contribution >= 4 is 23.7 Å². The molecule has 3 fully saturated rings. The van der Waals surface area contributed by atoms with E-state index in [2.05, 4.69) is 5.32 Å². The second-order valence-corrected chi connectivity index (χ2v) is 13.6. The number of likely N-dealkylation sites (tertiary alicyclic amines) is 1. The summed E-state index contributed by atoms with van der Waals surface area (Å²) in [4.78, 5) is 43.6. The van der Waals surface area contributed by atoms with Gasteiger partial charge in [-0.15, -0.1) is 0 Å². The molecule has 1 saturated carbocycles.